The van der Waals surface area contributed by atoms with E-state index < -0.39 is 0 Å². The van der Waals surface area contributed by atoms with E-state index in [4.69, 9.17) is 0 Å². The van der Waals surface area contributed by atoms with Gasteiger partial charge in [-0.15, -0.1) is 0 Å². The molecule has 1 N–H and O–H groups in total. The van der Waals surface area contributed by atoms with Crippen molar-refractivity contribution in [3.05, 3.63) is 72.4 Å². The first-order valence-corrected chi connectivity index (χ1v) is 12.6. The lowest BCUT2D eigenvalue weighted by Gasteiger charge is -2.17. The van der Waals surface area contributed by atoms with Crippen LogP contribution in [-0.2, 0) is 9.59 Å². The molecular formula is C30H47NO2. The van der Waals surface area contributed by atoms with Crippen LogP contribution in [0.2, 0.25) is 0 Å². The first-order chi connectivity index (χ1) is 15.9. The van der Waals surface area contributed by atoms with E-state index in [1.165, 1.54) is 5.57 Å². The normalized spacial score (nSPS) is 14.1. The van der Waals surface area contributed by atoms with Gasteiger partial charge < -0.3 is 5.32 Å². The summed E-state index contributed by atoms with van der Waals surface area (Å²) in [5.41, 5.74) is 1.42. The molecule has 0 bridgehead atoms. The molecule has 3 nitrogen and oxygen atoms in total. The standard InChI is InChI=1S/C30H47NO2/c1-6-7-8-19-22-27(4)23-20-17-15-13-11-9-10-12-14-16-18-21-24-30(33)31-29(28(5)32)25-26(2)3/h7-8,10-13,16-18,20,22,26,29H,6,9,14-15,19,21,23-25H2,1-5H3,(H,31,33)/b8-7-,12-10-,13-11-,18-16-,20-17-,27-22-. The zero-order valence-electron chi connectivity index (χ0n) is 21.7. The highest BCUT2D eigenvalue weighted by molar-refractivity contribution is 5.87. The number of carbonyl (C=O) groups is 2. The number of allylic oxidation sites excluding steroid dienone is 12. The maximum Gasteiger partial charge on any atom is 0.220 e. The lowest BCUT2D eigenvalue weighted by molar-refractivity contribution is -0.127. The summed E-state index contributed by atoms with van der Waals surface area (Å²) >= 11 is 0. The second kappa shape index (κ2) is 21.4. The van der Waals surface area contributed by atoms with Gasteiger partial charge in [0.1, 0.15) is 0 Å². The second-order valence-corrected chi connectivity index (χ2v) is 8.86. The molecule has 0 radical (unpaired) electrons. The molecule has 0 aromatic heterocycles. The minimum Gasteiger partial charge on any atom is -0.346 e. The molecule has 184 valence electrons. The zero-order valence-corrected chi connectivity index (χ0v) is 21.7. The molecule has 0 spiro atoms. The summed E-state index contributed by atoms with van der Waals surface area (Å²) in [5.74, 6) is 0.360. The van der Waals surface area contributed by atoms with Crippen LogP contribution in [0.15, 0.2) is 72.4 Å². The number of hydrogen-bond acceptors (Lipinski definition) is 2. The average molecular weight is 454 g/mol. The maximum absolute atomic E-state index is 12.0. The van der Waals surface area contributed by atoms with Crippen molar-refractivity contribution in [1.82, 2.24) is 5.32 Å². The Balaban J connectivity index is 3.88. The van der Waals surface area contributed by atoms with Gasteiger partial charge in [-0.2, -0.15) is 0 Å². The third-order valence-corrected chi connectivity index (χ3v) is 5.00. The van der Waals surface area contributed by atoms with Crippen LogP contribution in [0.25, 0.3) is 0 Å². The van der Waals surface area contributed by atoms with Crippen LogP contribution in [0, 0.1) is 5.92 Å². The number of nitrogens with one attached hydrogen (secondary N) is 1. The molecule has 0 aliphatic carbocycles. The van der Waals surface area contributed by atoms with Crippen molar-refractivity contribution >= 4 is 11.7 Å². The predicted molar refractivity (Wildman–Crippen MR) is 144 cm³/mol. The molecular weight excluding hydrogens is 406 g/mol. The van der Waals surface area contributed by atoms with E-state index in [1.807, 2.05) is 6.08 Å². The van der Waals surface area contributed by atoms with Crippen LogP contribution in [-0.4, -0.2) is 17.7 Å². The number of carbonyl (C=O) groups excluding carboxylic acids is 2. The van der Waals surface area contributed by atoms with Crippen LogP contribution in [0.3, 0.4) is 0 Å². The Labute approximate surface area is 203 Å². The summed E-state index contributed by atoms with van der Waals surface area (Å²) in [4.78, 5) is 23.6. The lowest BCUT2D eigenvalue weighted by Crippen LogP contribution is -2.40. The van der Waals surface area contributed by atoms with Gasteiger partial charge in [0, 0.05) is 6.42 Å². The first kappa shape index (κ1) is 30.6. The predicted octanol–water partition coefficient (Wildman–Crippen LogP) is 7.97. The highest BCUT2D eigenvalue weighted by Gasteiger charge is 2.17. The number of Topliss-reactive ketones (excluding diaryl/α,β-unsaturated/α-hetero) is 1. The average Bonchev–Trinajstić information content (AvgIpc) is 2.76. The summed E-state index contributed by atoms with van der Waals surface area (Å²) in [5, 5.41) is 2.85. The molecule has 1 unspecified atom stereocenters. The smallest absolute Gasteiger partial charge is 0.220 e. The Morgan fingerprint density at radius 3 is 1.85 bits per heavy atom. The van der Waals surface area contributed by atoms with E-state index >= 15 is 0 Å². The molecule has 33 heavy (non-hydrogen) atoms. The van der Waals surface area contributed by atoms with E-state index in [0.29, 0.717) is 25.2 Å². The summed E-state index contributed by atoms with van der Waals surface area (Å²) in [6.07, 6.45) is 31.8. The topological polar surface area (TPSA) is 46.2 Å². The van der Waals surface area contributed by atoms with E-state index in [-0.39, 0.29) is 17.7 Å². The van der Waals surface area contributed by atoms with Crippen molar-refractivity contribution in [2.24, 2.45) is 5.92 Å². The minimum atomic E-state index is -0.355. The molecule has 1 atom stereocenters. The third-order valence-electron chi connectivity index (χ3n) is 5.00. The monoisotopic (exact) mass is 453 g/mol. The van der Waals surface area contributed by atoms with Gasteiger partial charge in [-0.05, 0) is 71.1 Å². The molecule has 3 heteroatoms. The summed E-state index contributed by atoms with van der Waals surface area (Å²) in [6.45, 7) is 10.00. The van der Waals surface area contributed by atoms with E-state index in [0.717, 1.165) is 38.5 Å². The fraction of sp³-hybridized carbons (Fsp3) is 0.533. The third kappa shape index (κ3) is 21.2. The molecule has 0 aliphatic heterocycles. The second-order valence-electron chi connectivity index (χ2n) is 8.86. The van der Waals surface area contributed by atoms with Crippen LogP contribution < -0.4 is 5.32 Å². The van der Waals surface area contributed by atoms with Crippen molar-refractivity contribution in [1.29, 1.82) is 0 Å². The van der Waals surface area contributed by atoms with E-state index in [2.05, 4.69) is 93.8 Å². The van der Waals surface area contributed by atoms with E-state index in [1.54, 1.807) is 6.92 Å². The van der Waals surface area contributed by atoms with Crippen LogP contribution >= 0.6 is 0 Å². The number of hydrogen-bond donors (Lipinski definition) is 1. The Kier molecular flexibility index (Phi) is 19.9. The van der Waals surface area contributed by atoms with Crippen molar-refractivity contribution in [2.45, 2.75) is 98.4 Å². The first-order valence-electron chi connectivity index (χ1n) is 12.6. The molecule has 0 heterocycles. The molecule has 0 saturated heterocycles. The highest BCUT2D eigenvalue weighted by atomic mass is 16.2. The van der Waals surface area contributed by atoms with Crippen molar-refractivity contribution in [3.63, 3.8) is 0 Å². The minimum absolute atomic E-state index is 0.0288. The number of ketones is 1. The Morgan fingerprint density at radius 1 is 0.758 bits per heavy atom. The quantitative estimate of drug-likeness (QED) is 0.214. The zero-order chi connectivity index (χ0) is 24.7. The van der Waals surface area contributed by atoms with Crippen LogP contribution in [0.4, 0.5) is 0 Å². The fourth-order valence-corrected chi connectivity index (χ4v) is 3.09. The van der Waals surface area contributed by atoms with Crippen molar-refractivity contribution < 1.29 is 9.59 Å². The largest absolute Gasteiger partial charge is 0.346 e. The van der Waals surface area contributed by atoms with Gasteiger partial charge in [0.15, 0.2) is 5.78 Å². The van der Waals surface area contributed by atoms with Gasteiger partial charge >= 0.3 is 0 Å². The maximum atomic E-state index is 12.0. The molecule has 1 amide bonds. The van der Waals surface area contributed by atoms with Gasteiger partial charge in [-0.1, -0.05) is 93.2 Å². The molecule has 0 aromatic rings. The SMILES string of the molecule is CC/C=C\C/C=C(/C)C/C=C\C/C=C\C/C=C\C/C=C\CCC(=O)NC(CC(C)C)C(C)=O. The van der Waals surface area contributed by atoms with E-state index in [9.17, 15) is 9.59 Å². The van der Waals surface area contributed by atoms with Gasteiger partial charge in [0.05, 0.1) is 6.04 Å². The Bertz CT molecular complexity index is 705. The molecule has 0 fully saturated rings. The molecule has 0 aliphatic rings. The highest BCUT2D eigenvalue weighted by Crippen LogP contribution is 2.07. The summed E-state index contributed by atoms with van der Waals surface area (Å²) in [7, 11) is 0. The van der Waals surface area contributed by atoms with Crippen molar-refractivity contribution in [2.75, 3.05) is 0 Å². The molecule has 0 aromatic carbocycles. The summed E-state index contributed by atoms with van der Waals surface area (Å²) in [6, 6.07) is -0.355. The van der Waals surface area contributed by atoms with Gasteiger partial charge in [0.2, 0.25) is 5.91 Å². The van der Waals surface area contributed by atoms with Gasteiger partial charge in [0.25, 0.3) is 0 Å². The number of rotatable bonds is 18. The van der Waals surface area contributed by atoms with Gasteiger partial charge in [-0.3, -0.25) is 9.59 Å². The van der Waals surface area contributed by atoms with Crippen molar-refractivity contribution in [3.8, 4) is 0 Å². The Hall–Kier alpha value is -2.42. The lowest BCUT2D eigenvalue weighted by atomic mass is 10.0. The molecule has 0 rings (SSSR count). The number of amides is 1. The van der Waals surface area contributed by atoms with Crippen LogP contribution in [0.1, 0.15) is 92.4 Å². The Morgan fingerprint density at radius 2 is 1.30 bits per heavy atom. The fourth-order valence-electron chi connectivity index (χ4n) is 3.09. The van der Waals surface area contributed by atoms with Gasteiger partial charge in [-0.25, -0.2) is 0 Å². The van der Waals surface area contributed by atoms with Crippen LogP contribution in [0.5, 0.6) is 0 Å². The summed E-state index contributed by atoms with van der Waals surface area (Å²) < 4.78 is 0. The molecule has 0 saturated carbocycles.